The van der Waals surface area contributed by atoms with Gasteiger partial charge in [0.2, 0.25) is 0 Å². The fourth-order valence-electron chi connectivity index (χ4n) is 2.87. The smallest absolute Gasteiger partial charge is 0.165 e. The zero-order valence-corrected chi connectivity index (χ0v) is 11.7. The Morgan fingerprint density at radius 3 is 2.80 bits per heavy atom. The summed E-state index contributed by atoms with van der Waals surface area (Å²) < 4.78 is 19.8. The fraction of sp³-hybridized carbons (Fsp3) is 0.294. The lowest BCUT2D eigenvalue weighted by molar-refractivity contribution is 0.164. The van der Waals surface area contributed by atoms with Crippen LogP contribution in [0.25, 0.3) is 0 Å². The molecule has 3 heteroatoms. The number of ether oxygens (including phenoxy) is 1. The van der Waals surface area contributed by atoms with Gasteiger partial charge in [-0.1, -0.05) is 30.3 Å². The van der Waals surface area contributed by atoms with Crippen LogP contribution in [0.3, 0.4) is 0 Å². The minimum Gasteiger partial charge on any atom is -0.485 e. The summed E-state index contributed by atoms with van der Waals surface area (Å²) in [7, 11) is 1.91. The zero-order valence-electron chi connectivity index (χ0n) is 11.7. The van der Waals surface area contributed by atoms with Gasteiger partial charge in [-0.3, -0.25) is 0 Å². The van der Waals surface area contributed by atoms with Gasteiger partial charge in [-0.2, -0.15) is 0 Å². The van der Waals surface area contributed by atoms with Crippen molar-refractivity contribution in [2.24, 2.45) is 0 Å². The first-order valence-electron chi connectivity index (χ1n) is 6.87. The molecule has 0 saturated heterocycles. The van der Waals surface area contributed by atoms with E-state index in [-0.39, 0.29) is 18.0 Å². The number of nitrogens with one attached hydrogen (secondary N) is 1. The Bertz CT molecular complexity index is 626. The number of halogens is 1. The molecule has 1 N–H and O–H groups in total. The van der Waals surface area contributed by atoms with E-state index in [4.69, 9.17) is 4.74 Å². The van der Waals surface area contributed by atoms with E-state index >= 15 is 0 Å². The number of rotatable bonds is 3. The van der Waals surface area contributed by atoms with Crippen molar-refractivity contribution in [3.05, 3.63) is 65.0 Å². The topological polar surface area (TPSA) is 21.3 Å². The molecule has 0 bridgehead atoms. The van der Waals surface area contributed by atoms with Crippen molar-refractivity contribution in [3.63, 3.8) is 0 Å². The Morgan fingerprint density at radius 1 is 1.20 bits per heavy atom. The lowest BCUT2D eigenvalue weighted by Gasteiger charge is -2.22. The highest BCUT2D eigenvalue weighted by Crippen LogP contribution is 2.34. The second-order valence-corrected chi connectivity index (χ2v) is 5.26. The minimum absolute atomic E-state index is 0.0753. The van der Waals surface area contributed by atoms with Crippen LogP contribution in [-0.2, 0) is 6.42 Å². The van der Waals surface area contributed by atoms with Gasteiger partial charge in [0, 0.05) is 6.42 Å². The van der Waals surface area contributed by atoms with Crippen LogP contribution in [-0.4, -0.2) is 13.2 Å². The molecule has 2 aromatic rings. The van der Waals surface area contributed by atoms with Crippen molar-refractivity contribution < 1.29 is 9.13 Å². The van der Waals surface area contributed by atoms with Crippen molar-refractivity contribution in [2.75, 3.05) is 7.05 Å². The van der Waals surface area contributed by atoms with Crippen LogP contribution in [0.2, 0.25) is 0 Å². The molecule has 0 amide bonds. The molecule has 0 saturated carbocycles. The maximum absolute atomic E-state index is 13.8. The second kappa shape index (κ2) is 5.25. The predicted molar refractivity (Wildman–Crippen MR) is 77.5 cm³/mol. The third-order valence-corrected chi connectivity index (χ3v) is 3.86. The average Bonchev–Trinajstić information content (AvgIpc) is 2.80. The highest BCUT2D eigenvalue weighted by atomic mass is 19.1. The number of aryl methyl sites for hydroxylation is 1. The van der Waals surface area contributed by atoms with Gasteiger partial charge in [-0.15, -0.1) is 0 Å². The second-order valence-electron chi connectivity index (χ2n) is 5.26. The SMILES string of the molecule is CNC1c2ccccc2CC1Oc1cc(C)ccc1F. The molecule has 2 unspecified atom stereocenters. The summed E-state index contributed by atoms with van der Waals surface area (Å²) in [6, 6.07) is 13.3. The summed E-state index contributed by atoms with van der Waals surface area (Å²) in [6.07, 6.45) is 0.725. The van der Waals surface area contributed by atoms with E-state index < -0.39 is 0 Å². The maximum Gasteiger partial charge on any atom is 0.165 e. The predicted octanol–water partition coefficient (Wildman–Crippen LogP) is 3.40. The Balaban J connectivity index is 1.87. The Hall–Kier alpha value is -1.87. The summed E-state index contributed by atoms with van der Waals surface area (Å²) in [5, 5.41) is 3.28. The Morgan fingerprint density at radius 2 is 2.00 bits per heavy atom. The van der Waals surface area contributed by atoms with Crippen LogP contribution in [0.1, 0.15) is 22.7 Å². The summed E-state index contributed by atoms with van der Waals surface area (Å²) in [5.41, 5.74) is 3.51. The van der Waals surface area contributed by atoms with Crippen LogP contribution >= 0.6 is 0 Å². The summed E-state index contributed by atoms with van der Waals surface area (Å²) in [6.45, 7) is 1.94. The molecule has 1 aliphatic rings. The number of fused-ring (bicyclic) bond motifs is 1. The molecule has 0 heterocycles. The van der Waals surface area contributed by atoms with Crippen LogP contribution in [0.4, 0.5) is 4.39 Å². The molecular formula is C17H18FNO. The molecule has 0 spiro atoms. The molecule has 2 atom stereocenters. The lowest BCUT2D eigenvalue weighted by atomic mass is 10.1. The van der Waals surface area contributed by atoms with Gasteiger partial charge in [-0.05, 0) is 42.8 Å². The molecule has 2 aromatic carbocycles. The van der Waals surface area contributed by atoms with Crippen LogP contribution in [0.15, 0.2) is 42.5 Å². The molecule has 0 aromatic heterocycles. The molecule has 1 aliphatic carbocycles. The van der Waals surface area contributed by atoms with Crippen molar-refractivity contribution in [1.82, 2.24) is 5.32 Å². The first-order chi connectivity index (χ1) is 9.69. The molecule has 0 radical (unpaired) electrons. The molecule has 20 heavy (non-hydrogen) atoms. The Kier molecular flexibility index (Phi) is 3.45. The van der Waals surface area contributed by atoms with Gasteiger partial charge in [0.1, 0.15) is 6.10 Å². The van der Waals surface area contributed by atoms with Gasteiger partial charge < -0.3 is 10.1 Å². The number of hydrogen-bond acceptors (Lipinski definition) is 2. The Labute approximate surface area is 118 Å². The number of likely N-dealkylation sites (N-methyl/N-ethyl adjacent to an activating group) is 1. The van der Waals surface area contributed by atoms with Crippen molar-refractivity contribution in [1.29, 1.82) is 0 Å². The molecule has 0 fully saturated rings. The van der Waals surface area contributed by atoms with E-state index in [2.05, 4.69) is 17.4 Å². The largest absolute Gasteiger partial charge is 0.485 e. The minimum atomic E-state index is -0.304. The van der Waals surface area contributed by atoms with Crippen LogP contribution in [0.5, 0.6) is 5.75 Å². The van der Waals surface area contributed by atoms with Gasteiger partial charge >= 0.3 is 0 Å². The third-order valence-electron chi connectivity index (χ3n) is 3.86. The normalized spacial score (nSPS) is 20.8. The fourth-order valence-corrected chi connectivity index (χ4v) is 2.87. The molecule has 2 nitrogen and oxygen atoms in total. The molecule has 104 valence electrons. The quantitative estimate of drug-likeness (QED) is 0.924. The standard InChI is InChI=1S/C17H18FNO/c1-11-7-8-14(18)15(9-11)20-16-10-12-5-3-4-6-13(12)17(16)19-2/h3-9,16-17,19H,10H2,1-2H3. The van der Waals surface area contributed by atoms with Crippen molar-refractivity contribution >= 4 is 0 Å². The van der Waals surface area contributed by atoms with Crippen LogP contribution < -0.4 is 10.1 Å². The molecule has 0 aliphatic heterocycles. The molecule has 3 rings (SSSR count). The number of hydrogen-bond donors (Lipinski definition) is 1. The van der Waals surface area contributed by atoms with E-state index in [9.17, 15) is 4.39 Å². The first kappa shape index (κ1) is 13.1. The highest BCUT2D eigenvalue weighted by molar-refractivity contribution is 5.38. The van der Waals surface area contributed by atoms with Crippen molar-refractivity contribution in [2.45, 2.75) is 25.5 Å². The lowest BCUT2D eigenvalue weighted by Crippen LogP contribution is -2.30. The van der Waals surface area contributed by atoms with Gasteiger partial charge in [0.05, 0.1) is 6.04 Å². The van der Waals surface area contributed by atoms with Gasteiger partial charge in [-0.25, -0.2) is 4.39 Å². The summed E-state index contributed by atoms with van der Waals surface area (Å²) >= 11 is 0. The van der Waals surface area contributed by atoms with E-state index in [0.29, 0.717) is 5.75 Å². The summed E-state index contributed by atoms with van der Waals surface area (Å²) in [5.74, 6) is 0.0319. The van der Waals surface area contributed by atoms with Gasteiger partial charge in [0.25, 0.3) is 0 Å². The van der Waals surface area contributed by atoms with E-state index in [1.807, 2.05) is 26.1 Å². The van der Waals surface area contributed by atoms with E-state index in [1.54, 1.807) is 12.1 Å². The van der Waals surface area contributed by atoms with E-state index in [0.717, 1.165) is 12.0 Å². The van der Waals surface area contributed by atoms with Crippen molar-refractivity contribution in [3.8, 4) is 5.75 Å². The monoisotopic (exact) mass is 271 g/mol. The first-order valence-corrected chi connectivity index (χ1v) is 6.87. The maximum atomic E-state index is 13.8. The highest BCUT2D eigenvalue weighted by Gasteiger charge is 2.33. The summed E-state index contributed by atoms with van der Waals surface area (Å²) in [4.78, 5) is 0. The average molecular weight is 271 g/mol. The van der Waals surface area contributed by atoms with E-state index in [1.165, 1.54) is 17.2 Å². The van der Waals surface area contributed by atoms with Gasteiger partial charge in [0.15, 0.2) is 11.6 Å². The zero-order chi connectivity index (χ0) is 14.1. The number of benzene rings is 2. The third kappa shape index (κ3) is 2.29. The van der Waals surface area contributed by atoms with Crippen LogP contribution in [0, 0.1) is 12.7 Å². The molecular weight excluding hydrogens is 253 g/mol.